The molecule has 20 heavy (non-hydrogen) atoms. The first-order chi connectivity index (χ1) is 9.58. The molecule has 0 saturated carbocycles. The third-order valence-electron chi connectivity index (χ3n) is 2.87. The normalized spacial score (nSPS) is 10.4. The highest BCUT2D eigenvalue weighted by atomic mass is 19.2. The fourth-order valence-electron chi connectivity index (χ4n) is 1.89. The lowest BCUT2D eigenvalue weighted by Gasteiger charge is -2.09. The Kier molecular flexibility index (Phi) is 4.13. The zero-order valence-electron chi connectivity index (χ0n) is 10.9. The minimum absolute atomic E-state index is 0.00458. The highest BCUT2D eigenvalue weighted by Gasteiger charge is 2.14. The van der Waals surface area contributed by atoms with Crippen molar-refractivity contribution in [3.05, 3.63) is 59.9 Å². The van der Waals surface area contributed by atoms with Gasteiger partial charge < -0.3 is 4.74 Å². The van der Waals surface area contributed by atoms with Crippen molar-refractivity contribution in [1.29, 1.82) is 0 Å². The Bertz CT molecular complexity index is 650. The van der Waals surface area contributed by atoms with Crippen molar-refractivity contribution in [2.45, 2.75) is 6.92 Å². The van der Waals surface area contributed by atoms with Crippen molar-refractivity contribution in [3.63, 3.8) is 0 Å². The summed E-state index contributed by atoms with van der Waals surface area (Å²) in [6.45, 7) is 5.46. The van der Waals surface area contributed by atoms with Gasteiger partial charge in [-0.25, -0.2) is 13.2 Å². The molecule has 2 aromatic carbocycles. The molecular weight excluding hydrogens is 265 g/mol. The molecule has 2 aromatic rings. The van der Waals surface area contributed by atoms with Crippen molar-refractivity contribution in [2.24, 2.45) is 0 Å². The molecule has 0 heterocycles. The molecule has 0 amide bonds. The Hall–Kier alpha value is -2.23. The molecule has 0 fully saturated rings. The summed E-state index contributed by atoms with van der Waals surface area (Å²) in [6, 6.07) is 6.79. The molecule has 0 aromatic heterocycles. The summed E-state index contributed by atoms with van der Waals surface area (Å²) in [5, 5.41) is 0. The zero-order valence-corrected chi connectivity index (χ0v) is 10.9. The van der Waals surface area contributed by atoms with Gasteiger partial charge in [0.1, 0.15) is 0 Å². The van der Waals surface area contributed by atoms with E-state index in [1.54, 1.807) is 6.92 Å². The molecule has 0 aliphatic carbocycles. The lowest BCUT2D eigenvalue weighted by Crippen LogP contribution is -1.96. The van der Waals surface area contributed by atoms with Crippen molar-refractivity contribution >= 4 is 6.08 Å². The minimum Gasteiger partial charge on any atom is -0.491 e. The summed E-state index contributed by atoms with van der Waals surface area (Å²) in [6.07, 6.45) is 1.22. The highest BCUT2D eigenvalue weighted by molar-refractivity contribution is 5.67. The molecular formula is C16H13F3O. The lowest BCUT2D eigenvalue weighted by molar-refractivity contribution is 0.321. The SMILES string of the molecule is C=Cc1ccc(-c2ccc(OCC)c(F)c2)c(F)c1F. The van der Waals surface area contributed by atoms with E-state index in [4.69, 9.17) is 4.74 Å². The molecule has 4 heteroatoms. The van der Waals surface area contributed by atoms with E-state index in [1.165, 1.54) is 30.3 Å². The van der Waals surface area contributed by atoms with Gasteiger partial charge in [-0.1, -0.05) is 30.9 Å². The summed E-state index contributed by atoms with van der Waals surface area (Å²) in [5.41, 5.74) is 0.311. The van der Waals surface area contributed by atoms with Crippen LogP contribution >= 0.6 is 0 Å². The first-order valence-electron chi connectivity index (χ1n) is 6.11. The summed E-state index contributed by atoms with van der Waals surface area (Å²) in [4.78, 5) is 0. The Labute approximate surface area is 115 Å². The smallest absolute Gasteiger partial charge is 0.167 e. The number of halogens is 3. The number of benzene rings is 2. The van der Waals surface area contributed by atoms with Gasteiger partial charge in [-0.05, 0) is 24.6 Å². The van der Waals surface area contributed by atoms with E-state index in [2.05, 4.69) is 6.58 Å². The fraction of sp³-hybridized carbons (Fsp3) is 0.125. The summed E-state index contributed by atoms with van der Waals surface area (Å²) in [7, 11) is 0. The van der Waals surface area contributed by atoms with E-state index >= 15 is 0 Å². The monoisotopic (exact) mass is 278 g/mol. The predicted octanol–water partition coefficient (Wildman–Crippen LogP) is 4.81. The third kappa shape index (κ3) is 2.54. The lowest BCUT2D eigenvalue weighted by atomic mass is 10.0. The Balaban J connectivity index is 2.49. The minimum atomic E-state index is -1.02. The molecule has 2 rings (SSSR count). The largest absolute Gasteiger partial charge is 0.491 e. The van der Waals surface area contributed by atoms with Crippen LogP contribution in [0.3, 0.4) is 0 Å². The van der Waals surface area contributed by atoms with Crippen LogP contribution in [0, 0.1) is 17.5 Å². The maximum Gasteiger partial charge on any atom is 0.167 e. The topological polar surface area (TPSA) is 9.23 Å². The molecule has 0 bridgehead atoms. The molecule has 104 valence electrons. The second-order valence-corrected chi connectivity index (χ2v) is 4.11. The average molecular weight is 278 g/mol. The van der Waals surface area contributed by atoms with Gasteiger partial charge in [0.2, 0.25) is 0 Å². The predicted molar refractivity (Wildman–Crippen MR) is 73.0 cm³/mol. The van der Waals surface area contributed by atoms with Crippen LogP contribution in [0.4, 0.5) is 13.2 Å². The standard InChI is InChI=1S/C16H13F3O/c1-3-10-5-7-12(16(19)15(10)18)11-6-8-14(20-4-2)13(17)9-11/h3,5-9H,1,4H2,2H3. The third-order valence-corrected chi connectivity index (χ3v) is 2.87. The average Bonchev–Trinajstić information content (AvgIpc) is 2.44. The summed E-state index contributed by atoms with van der Waals surface area (Å²) in [5.74, 6) is -2.55. The van der Waals surface area contributed by atoms with Crippen LogP contribution in [-0.4, -0.2) is 6.61 Å². The molecule has 1 nitrogen and oxygen atoms in total. The van der Waals surface area contributed by atoms with E-state index in [0.29, 0.717) is 6.61 Å². The van der Waals surface area contributed by atoms with Gasteiger partial charge in [0.05, 0.1) is 6.61 Å². The van der Waals surface area contributed by atoms with Gasteiger partial charge in [0.15, 0.2) is 23.2 Å². The van der Waals surface area contributed by atoms with Gasteiger partial charge in [0, 0.05) is 11.1 Å². The van der Waals surface area contributed by atoms with Crippen LogP contribution in [-0.2, 0) is 0 Å². The highest BCUT2D eigenvalue weighted by Crippen LogP contribution is 2.30. The number of rotatable bonds is 4. The van der Waals surface area contributed by atoms with E-state index < -0.39 is 17.5 Å². The first kappa shape index (κ1) is 14.2. The Morgan fingerprint density at radius 3 is 2.45 bits per heavy atom. The second-order valence-electron chi connectivity index (χ2n) is 4.11. The molecule has 0 aliphatic heterocycles. The van der Waals surface area contributed by atoms with Crippen molar-refractivity contribution in [3.8, 4) is 16.9 Å². The van der Waals surface area contributed by atoms with Crippen LogP contribution in [0.25, 0.3) is 17.2 Å². The van der Waals surface area contributed by atoms with Crippen LogP contribution in [0.15, 0.2) is 36.9 Å². The van der Waals surface area contributed by atoms with Gasteiger partial charge >= 0.3 is 0 Å². The van der Waals surface area contributed by atoms with Gasteiger partial charge in [-0.2, -0.15) is 0 Å². The maximum atomic E-state index is 13.9. The number of hydrogen-bond donors (Lipinski definition) is 0. The van der Waals surface area contributed by atoms with E-state index in [-0.39, 0.29) is 22.4 Å². The Morgan fingerprint density at radius 1 is 1.10 bits per heavy atom. The van der Waals surface area contributed by atoms with Crippen LogP contribution in [0.2, 0.25) is 0 Å². The van der Waals surface area contributed by atoms with Crippen molar-refractivity contribution in [1.82, 2.24) is 0 Å². The van der Waals surface area contributed by atoms with Gasteiger partial charge in [-0.3, -0.25) is 0 Å². The van der Waals surface area contributed by atoms with E-state index in [0.717, 1.165) is 6.07 Å². The Morgan fingerprint density at radius 2 is 1.85 bits per heavy atom. The number of hydrogen-bond acceptors (Lipinski definition) is 1. The molecule has 0 unspecified atom stereocenters. The number of ether oxygens (including phenoxy) is 1. The van der Waals surface area contributed by atoms with Crippen molar-refractivity contribution in [2.75, 3.05) is 6.61 Å². The molecule has 0 atom stereocenters. The van der Waals surface area contributed by atoms with Crippen molar-refractivity contribution < 1.29 is 17.9 Å². The maximum absolute atomic E-state index is 13.9. The molecule has 0 radical (unpaired) electrons. The fourth-order valence-corrected chi connectivity index (χ4v) is 1.89. The quantitative estimate of drug-likeness (QED) is 0.779. The van der Waals surface area contributed by atoms with Crippen LogP contribution in [0.5, 0.6) is 5.75 Å². The molecule has 0 saturated heterocycles. The van der Waals surface area contributed by atoms with E-state index in [1.807, 2.05) is 0 Å². The zero-order chi connectivity index (χ0) is 14.7. The van der Waals surface area contributed by atoms with E-state index in [9.17, 15) is 13.2 Å². The van der Waals surface area contributed by atoms with Gasteiger partial charge in [-0.15, -0.1) is 0 Å². The molecule has 0 aliphatic rings. The molecule has 0 N–H and O–H groups in total. The second kappa shape index (κ2) is 5.82. The summed E-state index contributed by atoms with van der Waals surface area (Å²) < 4.78 is 46.4. The molecule has 0 spiro atoms. The first-order valence-corrected chi connectivity index (χ1v) is 6.11. The van der Waals surface area contributed by atoms with Gasteiger partial charge in [0.25, 0.3) is 0 Å². The van der Waals surface area contributed by atoms with Crippen LogP contribution in [0.1, 0.15) is 12.5 Å². The van der Waals surface area contributed by atoms with Crippen LogP contribution < -0.4 is 4.74 Å². The summed E-state index contributed by atoms with van der Waals surface area (Å²) >= 11 is 0.